The summed E-state index contributed by atoms with van der Waals surface area (Å²) in [6.07, 6.45) is 6.38. The molecule has 0 unspecified atom stereocenters. The molecule has 1 fully saturated rings. The van der Waals surface area contributed by atoms with Crippen molar-refractivity contribution in [3.8, 4) is 0 Å². The van der Waals surface area contributed by atoms with Crippen LogP contribution < -0.4 is 5.32 Å². The number of pyridine rings is 2. The van der Waals surface area contributed by atoms with Crippen LogP contribution in [0, 0.1) is 12.8 Å². The van der Waals surface area contributed by atoms with Crippen LogP contribution in [0.5, 0.6) is 0 Å². The first-order valence-electron chi connectivity index (χ1n) is 8.56. The van der Waals surface area contributed by atoms with Gasteiger partial charge in [0.2, 0.25) is 5.91 Å². The van der Waals surface area contributed by atoms with Crippen molar-refractivity contribution in [2.45, 2.75) is 26.2 Å². The molecule has 0 spiro atoms. The molecule has 0 saturated carbocycles. The van der Waals surface area contributed by atoms with Crippen molar-refractivity contribution < 1.29 is 4.79 Å². The first-order chi connectivity index (χ1) is 11.7. The van der Waals surface area contributed by atoms with Crippen LogP contribution in [0.2, 0.25) is 0 Å². The van der Waals surface area contributed by atoms with E-state index in [1.807, 2.05) is 37.4 Å². The number of carbonyl (C=O) groups excluding carboxylic acids is 1. The Kier molecular flexibility index (Phi) is 5.54. The number of piperidine rings is 1. The van der Waals surface area contributed by atoms with E-state index in [1.165, 1.54) is 0 Å². The van der Waals surface area contributed by atoms with E-state index in [9.17, 15) is 4.79 Å². The van der Waals surface area contributed by atoms with E-state index in [2.05, 4.69) is 26.3 Å². The quantitative estimate of drug-likeness (QED) is 0.919. The maximum absolute atomic E-state index is 12.4. The highest BCUT2D eigenvalue weighted by Crippen LogP contribution is 2.19. The lowest BCUT2D eigenvalue weighted by molar-refractivity contribution is -0.121. The van der Waals surface area contributed by atoms with E-state index in [1.54, 1.807) is 6.20 Å². The maximum atomic E-state index is 12.4. The molecular formula is C19H24N4O. The zero-order chi connectivity index (χ0) is 16.8. The van der Waals surface area contributed by atoms with Gasteiger partial charge in [-0.3, -0.25) is 9.78 Å². The zero-order valence-corrected chi connectivity index (χ0v) is 14.1. The molecule has 0 aliphatic carbocycles. The predicted octanol–water partition coefficient (Wildman–Crippen LogP) is 2.68. The van der Waals surface area contributed by atoms with E-state index in [-0.39, 0.29) is 11.8 Å². The molecule has 5 nitrogen and oxygen atoms in total. The molecule has 3 rings (SSSR count). The Balaban J connectivity index is 1.42. The van der Waals surface area contributed by atoms with Gasteiger partial charge in [0.15, 0.2) is 0 Å². The summed E-state index contributed by atoms with van der Waals surface area (Å²) in [5.41, 5.74) is 2.22. The smallest absolute Gasteiger partial charge is 0.228 e. The summed E-state index contributed by atoms with van der Waals surface area (Å²) in [5, 5.41) is 2.93. The summed E-state index contributed by atoms with van der Waals surface area (Å²) in [6.45, 7) is 4.92. The minimum Gasteiger partial charge on any atom is -0.310 e. The van der Waals surface area contributed by atoms with Crippen molar-refractivity contribution in [3.63, 3.8) is 0 Å². The monoisotopic (exact) mass is 324 g/mol. The second kappa shape index (κ2) is 8.02. The number of aromatic nitrogens is 2. The number of hydrogen-bond donors (Lipinski definition) is 1. The van der Waals surface area contributed by atoms with Crippen LogP contribution in [0.1, 0.15) is 24.1 Å². The number of nitrogens with one attached hydrogen (secondary N) is 1. The van der Waals surface area contributed by atoms with Crippen molar-refractivity contribution >= 4 is 11.7 Å². The van der Waals surface area contributed by atoms with Crippen LogP contribution in [0.15, 0.2) is 42.7 Å². The van der Waals surface area contributed by atoms with Gasteiger partial charge in [-0.2, -0.15) is 0 Å². The summed E-state index contributed by atoms with van der Waals surface area (Å²) < 4.78 is 0. The van der Waals surface area contributed by atoms with Gasteiger partial charge < -0.3 is 10.2 Å². The molecule has 0 radical (unpaired) electrons. The van der Waals surface area contributed by atoms with Crippen LogP contribution in [0.3, 0.4) is 0 Å². The molecule has 1 aliphatic heterocycles. The lowest BCUT2D eigenvalue weighted by Gasteiger charge is -2.31. The summed E-state index contributed by atoms with van der Waals surface area (Å²) in [4.78, 5) is 23.4. The van der Waals surface area contributed by atoms with E-state index in [0.717, 1.165) is 50.2 Å². The van der Waals surface area contributed by atoms with Crippen molar-refractivity contribution in [2.75, 3.05) is 25.0 Å². The molecule has 1 aliphatic rings. The van der Waals surface area contributed by atoms with E-state index >= 15 is 0 Å². The third-order valence-electron chi connectivity index (χ3n) is 4.53. The molecular weight excluding hydrogens is 300 g/mol. The number of likely N-dealkylation sites (tertiary alicyclic amines) is 1. The van der Waals surface area contributed by atoms with Crippen molar-refractivity contribution in [1.29, 1.82) is 0 Å². The van der Waals surface area contributed by atoms with Crippen LogP contribution in [-0.4, -0.2) is 40.4 Å². The average molecular weight is 324 g/mol. The number of aryl methyl sites for hydroxylation is 1. The summed E-state index contributed by atoms with van der Waals surface area (Å²) in [7, 11) is 0. The molecule has 3 heterocycles. The topological polar surface area (TPSA) is 58.1 Å². The second-order valence-electron chi connectivity index (χ2n) is 6.40. The maximum Gasteiger partial charge on any atom is 0.228 e. The third-order valence-corrected chi connectivity index (χ3v) is 4.53. The molecule has 2 aromatic heterocycles. The fourth-order valence-corrected chi connectivity index (χ4v) is 3.01. The second-order valence-corrected chi connectivity index (χ2v) is 6.40. The summed E-state index contributed by atoms with van der Waals surface area (Å²) >= 11 is 0. The number of carbonyl (C=O) groups is 1. The molecule has 1 saturated heterocycles. The number of anilines is 1. The van der Waals surface area contributed by atoms with Gasteiger partial charge in [0.05, 0.1) is 0 Å². The molecule has 0 aromatic carbocycles. The van der Waals surface area contributed by atoms with Crippen LogP contribution in [0.25, 0.3) is 0 Å². The number of hydrogen-bond acceptors (Lipinski definition) is 4. The van der Waals surface area contributed by atoms with Crippen LogP contribution >= 0.6 is 0 Å². The summed E-state index contributed by atoms with van der Waals surface area (Å²) in [5.74, 6) is 0.818. The van der Waals surface area contributed by atoms with Gasteiger partial charge in [-0.05, 0) is 56.6 Å². The normalized spacial score (nSPS) is 16.0. The average Bonchev–Trinajstić information content (AvgIpc) is 2.63. The fourth-order valence-electron chi connectivity index (χ4n) is 3.01. The Bertz CT molecular complexity index is 649. The summed E-state index contributed by atoms with van der Waals surface area (Å²) in [6, 6.07) is 9.85. The van der Waals surface area contributed by atoms with Gasteiger partial charge >= 0.3 is 0 Å². The third kappa shape index (κ3) is 4.61. The first-order valence-corrected chi connectivity index (χ1v) is 8.56. The van der Waals surface area contributed by atoms with Gasteiger partial charge in [0.1, 0.15) is 5.82 Å². The molecule has 2 aromatic rings. The minimum atomic E-state index is 0.0826. The highest BCUT2D eigenvalue weighted by atomic mass is 16.1. The van der Waals surface area contributed by atoms with E-state index < -0.39 is 0 Å². The Morgan fingerprint density at radius 2 is 2.04 bits per heavy atom. The van der Waals surface area contributed by atoms with Gasteiger partial charge in [0.25, 0.3) is 0 Å². The number of nitrogens with zero attached hydrogens (tertiary/aromatic N) is 3. The fraction of sp³-hybridized carbons (Fsp3) is 0.421. The lowest BCUT2D eigenvalue weighted by atomic mass is 9.95. The molecule has 5 heteroatoms. The van der Waals surface area contributed by atoms with E-state index in [4.69, 9.17) is 0 Å². The largest absolute Gasteiger partial charge is 0.310 e. The Morgan fingerprint density at radius 1 is 1.21 bits per heavy atom. The van der Waals surface area contributed by atoms with Gasteiger partial charge in [-0.15, -0.1) is 0 Å². The number of amides is 1. The molecule has 126 valence electrons. The highest BCUT2D eigenvalue weighted by Gasteiger charge is 2.25. The molecule has 24 heavy (non-hydrogen) atoms. The van der Waals surface area contributed by atoms with Crippen molar-refractivity contribution in [2.24, 2.45) is 5.92 Å². The Hall–Kier alpha value is -2.27. The zero-order valence-electron chi connectivity index (χ0n) is 14.1. The SMILES string of the molecule is Cc1ccc(NC(=O)C2CCN(CCc3ccccn3)CC2)nc1. The van der Waals surface area contributed by atoms with Gasteiger partial charge in [-0.25, -0.2) is 4.98 Å². The van der Waals surface area contributed by atoms with Crippen LogP contribution in [-0.2, 0) is 11.2 Å². The first kappa shape index (κ1) is 16.6. The molecule has 0 bridgehead atoms. The molecule has 1 amide bonds. The van der Waals surface area contributed by atoms with Crippen LogP contribution in [0.4, 0.5) is 5.82 Å². The van der Waals surface area contributed by atoms with Gasteiger partial charge in [0, 0.05) is 37.0 Å². The lowest BCUT2D eigenvalue weighted by Crippen LogP contribution is -2.39. The number of rotatable bonds is 5. The standard InChI is InChI=1S/C19H24N4O/c1-15-5-6-18(21-14-15)22-19(24)16-7-11-23(12-8-16)13-9-17-4-2-3-10-20-17/h2-6,10,14,16H,7-9,11-13H2,1H3,(H,21,22,24). The molecule has 1 N–H and O–H groups in total. The highest BCUT2D eigenvalue weighted by molar-refractivity contribution is 5.91. The Labute approximate surface area is 143 Å². The predicted molar refractivity (Wildman–Crippen MR) is 94.7 cm³/mol. The van der Waals surface area contributed by atoms with Crippen molar-refractivity contribution in [3.05, 3.63) is 54.0 Å². The van der Waals surface area contributed by atoms with Gasteiger partial charge in [-0.1, -0.05) is 12.1 Å². The minimum absolute atomic E-state index is 0.0826. The molecule has 0 atom stereocenters. The Morgan fingerprint density at radius 3 is 2.71 bits per heavy atom. The van der Waals surface area contributed by atoms with E-state index in [0.29, 0.717) is 5.82 Å². The van der Waals surface area contributed by atoms with Crippen molar-refractivity contribution in [1.82, 2.24) is 14.9 Å².